The predicted molar refractivity (Wildman–Crippen MR) is 155 cm³/mol. The minimum atomic E-state index is -0.477. The summed E-state index contributed by atoms with van der Waals surface area (Å²) in [4.78, 5) is 40.1. The zero-order valence-corrected chi connectivity index (χ0v) is 23.9. The lowest BCUT2D eigenvalue weighted by Crippen LogP contribution is -2.34. The molecule has 0 unspecified atom stereocenters. The Morgan fingerprint density at radius 2 is 2.00 bits per heavy atom. The molecular formula is C29H34ClN3O5S. The first-order chi connectivity index (χ1) is 18.9. The fourth-order valence-corrected chi connectivity index (χ4v) is 5.47. The van der Waals surface area contributed by atoms with Crippen LogP contribution in [-0.2, 0) is 15.9 Å². The molecule has 3 heterocycles. The van der Waals surface area contributed by atoms with Crippen LogP contribution in [0.15, 0.2) is 53.5 Å². The molecule has 1 aliphatic rings. The average molecular weight is 572 g/mol. The van der Waals surface area contributed by atoms with Crippen LogP contribution in [0.2, 0.25) is 4.34 Å². The molecule has 39 heavy (non-hydrogen) atoms. The van der Waals surface area contributed by atoms with E-state index in [4.69, 9.17) is 21.1 Å². The maximum absolute atomic E-state index is 13.2. The van der Waals surface area contributed by atoms with E-state index in [1.807, 2.05) is 37.3 Å². The maximum atomic E-state index is 13.2. The van der Waals surface area contributed by atoms with Crippen LogP contribution in [0.1, 0.15) is 53.4 Å². The highest BCUT2D eigenvalue weighted by Gasteiger charge is 2.33. The van der Waals surface area contributed by atoms with Gasteiger partial charge in [-0.1, -0.05) is 31.0 Å². The standard InChI is InChI=1S/C29H34ClN3O5S/c1-3-15-37-16-6-4-5-8-21-9-7-14-32(28(21)35)24-11-10-22(17-20(24)2)33-19-23(38-29(33)36)18-31-27(34)25-12-13-26(30)39-25/h7,9-14,17,23H,3-6,8,15-16,18-19H2,1-2H3,(H,31,34)/t23-/m0/s1. The number of ether oxygens (including phenoxy) is 2. The van der Waals surface area contributed by atoms with Gasteiger partial charge in [0, 0.05) is 30.7 Å². The van der Waals surface area contributed by atoms with Crippen molar-refractivity contribution in [3.63, 3.8) is 0 Å². The number of cyclic esters (lactones) is 1. The summed E-state index contributed by atoms with van der Waals surface area (Å²) < 4.78 is 13.2. The van der Waals surface area contributed by atoms with Crippen LogP contribution in [0.25, 0.3) is 5.69 Å². The highest BCUT2D eigenvalue weighted by atomic mass is 35.5. The highest BCUT2D eigenvalue weighted by molar-refractivity contribution is 7.18. The monoisotopic (exact) mass is 571 g/mol. The molecule has 1 N–H and O–H groups in total. The van der Waals surface area contributed by atoms with E-state index in [0.717, 1.165) is 62.1 Å². The molecule has 2 amide bonds. The third-order valence-electron chi connectivity index (χ3n) is 6.52. The second kappa shape index (κ2) is 13.8. The highest BCUT2D eigenvalue weighted by Crippen LogP contribution is 2.26. The summed E-state index contributed by atoms with van der Waals surface area (Å²) in [6, 6.07) is 12.7. The SMILES string of the molecule is CCCOCCCCCc1cccn(-c2ccc(N3C[C@H](CNC(=O)c4ccc(Cl)s4)OC3=O)cc2C)c1=O. The Hall–Kier alpha value is -3.14. The van der Waals surface area contributed by atoms with Gasteiger partial charge in [0.05, 0.1) is 28.0 Å². The maximum Gasteiger partial charge on any atom is 0.414 e. The fraction of sp³-hybridized carbons (Fsp3) is 0.414. The minimum absolute atomic E-state index is 0.0287. The van der Waals surface area contributed by atoms with Gasteiger partial charge in [-0.05, 0) is 74.6 Å². The number of nitrogens with zero attached hydrogens (tertiary/aromatic N) is 2. The number of unbranched alkanes of at least 4 members (excludes halogenated alkanes) is 2. The van der Waals surface area contributed by atoms with Gasteiger partial charge >= 0.3 is 6.09 Å². The summed E-state index contributed by atoms with van der Waals surface area (Å²) in [5.74, 6) is -0.254. The van der Waals surface area contributed by atoms with Gasteiger partial charge in [0.15, 0.2) is 0 Å². The Morgan fingerprint density at radius 1 is 1.15 bits per heavy atom. The van der Waals surface area contributed by atoms with Crippen molar-refractivity contribution in [1.29, 1.82) is 0 Å². The van der Waals surface area contributed by atoms with Crippen LogP contribution < -0.4 is 15.8 Å². The van der Waals surface area contributed by atoms with Gasteiger partial charge in [-0.15, -0.1) is 11.3 Å². The first kappa shape index (κ1) is 28.9. The van der Waals surface area contributed by atoms with Gasteiger partial charge in [0.2, 0.25) is 0 Å². The third-order valence-corrected chi connectivity index (χ3v) is 7.75. The van der Waals surface area contributed by atoms with Crippen molar-refractivity contribution in [2.24, 2.45) is 0 Å². The van der Waals surface area contributed by atoms with Crippen LogP contribution in [0.4, 0.5) is 10.5 Å². The van der Waals surface area contributed by atoms with E-state index in [0.29, 0.717) is 21.4 Å². The van der Waals surface area contributed by atoms with Gasteiger partial charge in [0.25, 0.3) is 11.5 Å². The summed E-state index contributed by atoms with van der Waals surface area (Å²) in [6.07, 6.45) is 5.53. The molecular weight excluding hydrogens is 538 g/mol. The van der Waals surface area contributed by atoms with Gasteiger partial charge in [-0.2, -0.15) is 0 Å². The first-order valence-electron chi connectivity index (χ1n) is 13.3. The van der Waals surface area contributed by atoms with Gasteiger partial charge < -0.3 is 14.8 Å². The Morgan fingerprint density at radius 3 is 2.74 bits per heavy atom. The van der Waals surface area contributed by atoms with E-state index < -0.39 is 12.2 Å². The van der Waals surface area contributed by atoms with Crippen molar-refractivity contribution in [2.45, 2.75) is 52.1 Å². The Labute approximate surface area is 237 Å². The molecule has 4 rings (SSSR count). The van der Waals surface area contributed by atoms with Crippen molar-refractivity contribution in [3.8, 4) is 5.69 Å². The number of hydrogen-bond donors (Lipinski definition) is 1. The van der Waals surface area contributed by atoms with E-state index in [2.05, 4.69) is 12.2 Å². The smallest absolute Gasteiger partial charge is 0.414 e. The summed E-state index contributed by atoms with van der Waals surface area (Å²) in [5, 5.41) is 2.79. The topological polar surface area (TPSA) is 89.9 Å². The Kier molecular flexibility index (Phi) is 10.2. The lowest BCUT2D eigenvalue weighted by Gasteiger charge is -2.17. The van der Waals surface area contributed by atoms with Gasteiger partial charge in [-0.25, -0.2) is 4.79 Å². The Bertz CT molecular complexity index is 1350. The molecule has 1 aromatic carbocycles. The van der Waals surface area contributed by atoms with Crippen molar-refractivity contribution in [2.75, 3.05) is 31.2 Å². The first-order valence-corrected chi connectivity index (χ1v) is 14.5. The Balaban J connectivity index is 1.36. The molecule has 1 fully saturated rings. The molecule has 0 spiro atoms. The minimum Gasteiger partial charge on any atom is -0.442 e. The van der Waals surface area contributed by atoms with Crippen molar-refractivity contribution in [1.82, 2.24) is 9.88 Å². The number of aryl methyl sites for hydroxylation is 2. The number of benzene rings is 1. The molecule has 0 radical (unpaired) electrons. The molecule has 1 atom stereocenters. The summed E-state index contributed by atoms with van der Waals surface area (Å²) in [5.41, 5.74) is 3.06. The fourth-order valence-electron chi connectivity index (χ4n) is 4.51. The average Bonchev–Trinajstić information content (AvgIpc) is 3.53. The number of rotatable bonds is 13. The molecule has 2 aromatic heterocycles. The van der Waals surface area contributed by atoms with E-state index in [1.54, 1.807) is 27.8 Å². The number of carbonyl (C=O) groups excluding carboxylic acids is 2. The van der Waals surface area contributed by atoms with Crippen molar-refractivity contribution >= 4 is 40.6 Å². The molecule has 0 saturated carbocycles. The second-order valence-corrected chi connectivity index (χ2v) is 11.2. The molecule has 0 aliphatic carbocycles. The second-order valence-electron chi connectivity index (χ2n) is 9.53. The van der Waals surface area contributed by atoms with Crippen LogP contribution >= 0.6 is 22.9 Å². The number of aromatic nitrogens is 1. The number of amides is 2. The summed E-state index contributed by atoms with van der Waals surface area (Å²) >= 11 is 7.09. The number of halogens is 1. The third kappa shape index (κ3) is 7.50. The number of nitrogens with one attached hydrogen (secondary N) is 1. The molecule has 10 heteroatoms. The lowest BCUT2D eigenvalue weighted by molar-refractivity contribution is 0.0920. The summed E-state index contributed by atoms with van der Waals surface area (Å²) in [7, 11) is 0. The molecule has 0 bridgehead atoms. The summed E-state index contributed by atoms with van der Waals surface area (Å²) in [6.45, 7) is 6.08. The number of carbonyl (C=O) groups is 2. The number of anilines is 1. The largest absolute Gasteiger partial charge is 0.442 e. The van der Waals surface area contributed by atoms with Crippen molar-refractivity contribution < 1.29 is 19.1 Å². The van der Waals surface area contributed by atoms with Gasteiger partial charge in [-0.3, -0.25) is 19.1 Å². The quantitative estimate of drug-likeness (QED) is 0.264. The lowest BCUT2D eigenvalue weighted by atomic mass is 10.1. The molecule has 1 aliphatic heterocycles. The number of pyridine rings is 1. The van der Waals surface area contributed by atoms with Crippen LogP contribution in [0.5, 0.6) is 0 Å². The molecule has 3 aromatic rings. The van der Waals surface area contributed by atoms with Crippen LogP contribution in [-0.4, -0.2) is 49.0 Å². The van der Waals surface area contributed by atoms with Crippen LogP contribution in [0, 0.1) is 6.92 Å². The van der Waals surface area contributed by atoms with E-state index in [-0.39, 0.29) is 18.0 Å². The molecule has 208 valence electrons. The van der Waals surface area contributed by atoms with E-state index in [1.165, 1.54) is 11.3 Å². The number of hydrogen-bond acceptors (Lipinski definition) is 6. The zero-order chi connectivity index (χ0) is 27.8. The van der Waals surface area contributed by atoms with Gasteiger partial charge in [0.1, 0.15) is 6.10 Å². The number of thiophene rings is 1. The van der Waals surface area contributed by atoms with Crippen LogP contribution in [0.3, 0.4) is 0 Å². The molecule has 8 nitrogen and oxygen atoms in total. The zero-order valence-electron chi connectivity index (χ0n) is 22.3. The van der Waals surface area contributed by atoms with E-state index >= 15 is 0 Å². The predicted octanol–water partition coefficient (Wildman–Crippen LogP) is 5.76. The van der Waals surface area contributed by atoms with E-state index in [9.17, 15) is 14.4 Å². The normalized spacial score (nSPS) is 15.0. The molecule has 1 saturated heterocycles. The van der Waals surface area contributed by atoms with Crippen molar-refractivity contribution in [3.05, 3.63) is 79.4 Å².